The predicted molar refractivity (Wildman–Crippen MR) is 150 cm³/mol. The van der Waals surface area contributed by atoms with Crippen molar-refractivity contribution in [1.29, 1.82) is 0 Å². The summed E-state index contributed by atoms with van der Waals surface area (Å²) in [4.78, 5) is 40.7. The van der Waals surface area contributed by atoms with E-state index in [4.69, 9.17) is 0 Å². The Morgan fingerprint density at radius 2 is 1.29 bits per heavy atom. The van der Waals surface area contributed by atoms with Crippen molar-refractivity contribution in [2.24, 2.45) is 13.0 Å². The molecule has 1 atom stereocenters. The van der Waals surface area contributed by atoms with E-state index in [1.54, 1.807) is 24.3 Å². The van der Waals surface area contributed by atoms with Gasteiger partial charge in [-0.05, 0) is 59.9 Å². The Morgan fingerprint density at radius 3 is 1.79 bits per heavy atom. The molecule has 1 saturated heterocycles. The van der Waals surface area contributed by atoms with Crippen LogP contribution in [0.4, 0.5) is 5.69 Å². The molecule has 0 N–H and O–H groups in total. The lowest BCUT2D eigenvalue weighted by Gasteiger charge is -2.18. The third kappa shape index (κ3) is 5.67. The van der Waals surface area contributed by atoms with Crippen LogP contribution in [-0.2, 0) is 19.9 Å². The number of aryl methyl sites for hydroxylation is 1. The second kappa shape index (κ2) is 11.0. The third-order valence-corrected chi connectivity index (χ3v) is 7.37. The summed E-state index contributed by atoms with van der Waals surface area (Å²) < 4.78 is 1.81. The van der Waals surface area contributed by atoms with Crippen LogP contribution in [0.3, 0.4) is 0 Å². The minimum absolute atomic E-state index is 0.0406. The molecule has 0 saturated carbocycles. The Kier molecular flexibility index (Phi) is 7.36. The first-order chi connectivity index (χ1) is 18.4. The number of carbonyl (C=O) groups is 3. The van der Waals surface area contributed by atoms with E-state index >= 15 is 0 Å². The molecule has 1 aliphatic heterocycles. The van der Waals surface area contributed by atoms with E-state index in [0.717, 1.165) is 24.2 Å². The minimum Gasteiger partial charge on any atom is -0.371 e. The van der Waals surface area contributed by atoms with E-state index in [0.29, 0.717) is 34.7 Å². The monoisotopic (exact) mass is 504 g/mol. The normalized spacial score (nSPS) is 15.0. The van der Waals surface area contributed by atoms with Crippen molar-refractivity contribution in [2.45, 2.75) is 26.2 Å². The molecule has 1 aromatic heterocycles. The maximum Gasteiger partial charge on any atom is 0.193 e. The van der Waals surface area contributed by atoms with Crippen LogP contribution >= 0.6 is 0 Å². The fourth-order valence-corrected chi connectivity index (χ4v) is 5.06. The third-order valence-electron chi connectivity index (χ3n) is 7.37. The molecule has 3 aromatic carbocycles. The highest BCUT2D eigenvalue weighted by Gasteiger charge is 2.19. The number of anilines is 1. The van der Waals surface area contributed by atoms with Crippen LogP contribution in [0.5, 0.6) is 0 Å². The van der Waals surface area contributed by atoms with Gasteiger partial charge in [-0.1, -0.05) is 55.5 Å². The summed E-state index contributed by atoms with van der Waals surface area (Å²) in [5, 5.41) is 0. The number of ketones is 3. The summed E-state index contributed by atoms with van der Waals surface area (Å²) in [6.07, 6.45) is 3.64. The van der Waals surface area contributed by atoms with Gasteiger partial charge >= 0.3 is 0 Å². The highest BCUT2D eigenvalue weighted by atomic mass is 16.1. The molecule has 0 bridgehead atoms. The molecular formula is C33H32N2O3. The van der Waals surface area contributed by atoms with Gasteiger partial charge in [-0.3, -0.25) is 14.4 Å². The van der Waals surface area contributed by atoms with Crippen LogP contribution in [-0.4, -0.2) is 35.0 Å². The number of carbonyl (C=O) groups excluding carboxylic acids is 3. The second-order valence-electron chi connectivity index (χ2n) is 10.3. The lowest BCUT2D eigenvalue weighted by atomic mass is 9.97. The minimum atomic E-state index is -0.0880. The van der Waals surface area contributed by atoms with E-state index < -0.39 is 0 Å². The van der Waals surface area contributed by atoms with Crippen LogP contribution in [0.25, 0.3) is 0 Å². The SMILES string of the molecule is C[C@H]1CCN(c2ccc(C(=O)Cc3ccc(C(=O)c4ccc(CC(=O)c5cccn5C)cc4)cc3)cc2)C1. The Labute approximate surface area is 223 Å². The first-order valence-corrected chi connectivity index (χ1v) is 13.1. The van der Waals surface area contributed by atoms with Crippen molar-refractivity contribution in [3.8, 4) is 0 Å². The molecule has 2 heterocycles. The first-order valence-electron chi connectivity index (χ1n) is 13.1. The summed E-state index contributed by atoms with van der Waals surface area (Å²) in [7, 11) is 1.85. The van der Waals surface area contributed by atoms with Gasteiger partial charge in [0, 0.05) is 61.6 Å². The van der Waals surface area contributed by atoms with Crippen molar-refractivity contribution in [3.63, 3.8) is 0 Å². The van der Waals surface area contributed by atoms with Crippen molar-refractivity contribution in [3.05, 3.63) is 125 Å². The molecule has 0 unspecified atom stereocenters. The molecule has 5 nitrogen and oxygen atoms in total. The van der Waals surface area contributed by atoms with Crippen molar-refractivity contribution in [1.82, 2.24) is 4.57 Å². The van der Waals surface area contributed by atoms with Crippen LogP contribution in [0.2, 0.25) is 0 Å². The van der Waals surface area contributed by atoms with Gasteiger partial charge in [0.05, 0.1) is 5.69 Å². The van der Waals surface area contributed by atoms with E-state index in [1.807, 2.05) is 78.5 Å². The first kappa shape index (κ1) is 25.4. The van der Waals surface area contributed by atoms with Gasteiger partial charge in [0.15, 0.2) is 17.3 Å². The Morgan fingerprint density at radius 1 is 0.737 bits per heavy atom. The number of Topliss-reactive ketones (excluding diaryl/α,β-unsaturated/α-hetero) is 2. The Balaban J connectivity index is 1.18. The number of aromatic nitrogens is 1. The topological polar surface area (TPSA) is 59.4 Å². The zero-order chi connectivity index (χ0) is 26.6. The predicted octanol–water partition coefficient (Wildman–Crippen LogP) is 5.95. The van der Waals surface area contributed by atoms with E-state index in [9.17, 15) is 14.4 Å². The summed E-state index contributed by atoms with van der Waals surface area (Å²) in [6, 6.07) is 26.0. The van der Waals surface area contributed by atoms with Crippen LogP contribution in [0.15, 0.2) is 91.1 Å². The zero-order valence-corrected chi connectivity index (χ0v) is 21.9. The average molecular weight is 505 g/mol. The molecule has 0 amide bonds. The largest absolute Gasteiger partial charge is 0.371 e. The summed E-state index contributed by atoms with van der Waals surface area (Å²) >= 11 is 0. The highest BCUT2D eigenvalue weighted by molar-refractivity contribution is 6.09. The quantitative estimate of drug-likeness (QED) is 0.264. The molecule has 192 valence electrons. The number of hydrogen-bond acceptors (Lipinski definition) is 4. The fraction of sp³-hybridized carbons (Fsp3) is 0.242. The van der Waals surface area contributed by atoms with Gasteiger partial charge < -0.3 is 9.47 Å². The molecule has 38 heavy (non-hydrogen) atoms. The van der Waals surface area contributed by atoms with E-state index in [2.05, 4.69) is 11.8 Å². The van der Waals surface area contributed by atoms with E-state index in [1.165, 1.54) is 12.1 Å². The molecule has 5 rings (SSSR count). The Bertz CT molecular complexity index is 1450. The van der Waals surface area contributed by atoms with Gasteiger partial charge in [0.25, 0.3) is 0 Å². The number of nitrogens with zero attached hydrogens (tertiary/aromatic N) is 2. The molecular weight excluding hydrogens is 472 g/mol. The molecule has 0 spiro atoms. The number of benzene rings is 3. The van der Waals surface area contributed by atoms with Crippen molar-refractivity contribution < 1.29 is 14.4 Å². The maximum atomic E-state index is 13.0. The molecule has 1 fully saturated rings. The standard InChI is InChI=1S/C33H32N2O3/c1-23-17-19-35(22-23)29-15-13-26(14-16-29)31(36)20-24-5-9-27(10-6-24)33(38)28-11-7-25(8-12-28)21-32(37)30-4-3-18-34(30)2/h3-16,18,23H,17,19-22H2,1-2H3/t23-/m0/s1. The lowest BCUT2D eigenvalue weighted by molar-refractivity contribution is 0.0980. The summed E-state index contributed by atoms with van der Waals surface area (Å²) in [6.45, 7) is 4.40. The summed E-state index contributed by atoms with van der Waals surface area (Å²) in [5.74, 6) is 0.723. The van der Waals surface area contributed by atoms with Gasteiger partial charge in [0.2, 0.25) is 0 Å². The molecule has 0 aliphatic carbocycles. The van der Waals surface area contributed by atoms with Gasteiger partial charge in [-0.25, -0.2) is 0 Å². The fourth-order valence-electron chi connectivity index (χ4n) is 5.06. The average Bonchev–Trinajstić information content (AvgIpc) is 3.57. The lowest BCUT2D eigenvalue weighted by Crippen LogP contribution is -2.19. The summed E-state index contributed by atoms with van der Waals surface area (Å²) in [5.41, 5.74) is 5.41. The molecule has 5 heteroatoms. The second-order valence-corrected chi connectivity index (χ2v) is 10.3. The highest BCUT2D eigenvalue weighted by Crippen LogP contribution is 2.24. The molecule has 4 aromatic rings. The van der Waals surface area contributed by atoms with Crippen LogP contribution in [0.1, 0.15) is 61.2 Å². The van der Waals surface area contributed by atoms with Gasteiger partial charge in [0.1, 0.15) is 0 Å². The number of rotatable bonds is 9. The van der Waals surface area contributed by atoms with Crippen molar-refractivity contribution >= 4 is 23.0 Å². The Hall–Kier alpha value is -4.25. The smallest absolute Gasteiger partial charge is 0.193 e. The maximum absolute atomic E-state index is 13.0. The van der Waals surface area contributed by atoms with E-state index in [-0.39, 0.29) is 23.8 Å². The molecule has 0 radical (unpaired) electrons. The van der Waals surface area contributed by atoms with Gasteiger partial charge in [-0.15, -0.1) is 0 Å². The van der Waals surface area contributed by atoms with Crippen molar-refractivity contribution in [2.75, 3.05) is 18.0 Å². The molecule has 1 aliphatic rings. The zero-order valence-electron chi connectivity index (χ0n) is 21.9. The van der Waals surface area contributed by atoms with Crippen LogP contribution in [0, 0.1) is 5.92 Å². The van der Waals surface area contributed by atoms with Gasteiger partial charge in [-0.2, -0.15) is 0 Å². The van der Waals surface area contributed by atoms with Crippen LogP contribution < -0.4 is 4.90 Å². The number of hydrogen-bond donors (Lipinski definition) is 0.